The van der Waals surface area contributed by atoms with Gasteiger partial charge in [0.15, 0.2) is 22.3 Å². The van der Waals surface area contributed by atoms with Crippen LogP contribution in [-0.4, -0.2) is 36.5 Å². The number of fused-ring (bicyclic) bond motifs is 1. The Morgan fingerprint density at radius 1 is 0.900 bits per heavy atom. The normalized spacial score (nSPS) is 10.3. The van der Waals surface area contributed by atoms with E-state index in [1.165, 1.54) is 28.7 Å². The van der Waals surface area contributed by atoms with Crippen molar-refractivity contribution < 1.29 is 13.9 Å². The van der Waals surface area contributed by atoms with Crippen LogP contribution in [0.15, 0.2) is 77.1 Å². The fourth-order valence-corrected chi connectivity index (χ4v) is 4.34. The third kappa shape index (κ3) is 7.23. The van der Waals surface area contributed by atoms with Crippen molar-refractivity contribution in [3.8, 4) is 17.4 Å². The molecule has 11 heteroatoms. The maximum Gasteiger partial charge on any atom is 0.289 e. The van der Waals surface area contributed by atoms with Crippen molar-refractivity contribution in [1.29, 1.82) is 0 Å². The van der Waals surface area contributed by atoms with E-state index >= 15 is 0 Å². The predicted octanol–water partition coefficient (Wildman–Crippen LogP) is 6.05. The average molecular weight is 565 g/mol. The van der Waals surface area contributed by atoms with Crippen molar-refractivity contribution in [3.05, 3.63) is 100.0 Å². The number of halogens is 1. The van der Waals surface area contributed by atoms with Crippen LogP contribution in [0.4, 0.5) is 4.39 Å². The minimum atomic E-state index is -0.760. The lowest BCUT2D eigenvalue weighted by molar-refractivity contribution is 0.292. The van der Waals surface area contributed by atoms with Crippen molar-refractivity contribution in [3.63, 3.8) is 0 Å². The molecule has 0 saturated heterocycles. The molecule has 5 rings (SSSR count). The van der Waals surface area contributed by atoms with Crippen molar-refractivity contribution in [1.82, 2.24) is 29.4 Å². The molecule has 0 unspecified atom stereocenters. The molecule has 0 aliphatic rings. The van der Waals surface area contributed by atoms with Crippen LogP contribution in [0.5, 0.6) is 11.6 Å². The van der Waals surface area contributed by atoms with E-state index in [1.807, 2.05) is 83.1 Å². The maximum atomic E-state index is 14.3. The second-order valence-electron chi connectivity index (χ2n) is 7.88. The summed E-state index contributed by atoms with van der Waals surface area (Å²) in [5.74, 6) is 1.01. The lowest BCUT2D eigenvalue weighted by Crippen LogP contribution is -2.26. The first-order chi connectivity index (χ1) is 19.5. The van der Waals surface area contributed by atoms with Crippen LogP contribution in [0.2, 0.25) is 0 Å². The van der Waals surface area contributed by atoms with Crippen LogP contribution < -0.4 is 15.0 Å². The van der Waals surface area contributed by atoms with Crippen LogP contribution in [0.25, 0.3) is 11.3 Å². The zero-order chi connectivity index (χ0) is 29.1. The SMILES string of the molecule is CC.CC.COc1ccc(COc2cnc(-n3c(SCc4ccc(C)cc4)nn4ncc(F)c4c3=O)cn2)cc1. The average Bonchev–Trinajstić information content (AvgIpc) is 3.39. The number of aromatic nitrogens is 6. The Hall–Kier alpha value is -4.25. The second-order valence-corrected chi connectivity index (χ2v) is 8.82. The molecule has 0 atom stereocenters. The highest BCUT2D eigenvalue weighted by Crippen LogP contribution is 2.23. The molecule has 3 aromatic heterocycles. The zero-order valence-electron chi connectivity index (χ0n) is 23.5. The molecule has 5 aromatic rings. The van der Waals surface area contributed by atoms with Gasteiger partial charge < -0.3 is 9.47 Å². The van der Waals surface area contributed by atoms with E-state index in [2.05, 4.69) is 20.2 Å². The molecule has 0 aliphatic heterocycles. The first-order valence-corrected chi connectivity index (χ1v) is 13.9. The number of ether oxygens (including phenoxy) is 2. The Morgan fingerprint density at radius 3 is 2.20 bits per heavy atom. The molecule has 0 aliphatic carbocycles. The molecule has 0 radical (unpaired) electrons. The molecule has 40 heavy (non-hydrogen) atoms. The molecule has 0 N–H and O–H groups in total. The Labute approximate surface area is 237 Å². The van der Waals surface area contributed by atoms with Gasteiger partial charge in [-0.2, -0.15) is 5.10 Å². The van der Waals surface area contributed by atoms with Crippen molar-refractivity contribution in [2.75, 3.05) is 7.11 Å². The summed E-state index contributed by atoms with van der Waals surface area (Å²) in [5.41, 5.74) is 2.23. The topological polar surface area (TPSA) is 96.4 Å². The fourth-order valence-electron chi connectivity index (χ4n) is 3.41. The fraction of sp³-hybridized carbons (Fsp3) is 0.276. The summed E-state index contributed by atoms with van der Waals surface area (Å²) in [6, 6.07) is 15.5. The van der Waals surface area contributed by atoms with Gasteiger partial charge in [-0.05, 0) is 30.2 Å². The maximum absolute atomic E-state index is 14.3. The van der Waals surface area contributed by atoms with Gasteiger partial charge in [-0.3, -0.25) is 4.79 Å². The molecule has 0 fully saturated rings. The number of nitrogens with zero attached hydrogens (tertiary/aromatic N) is 6. The van der Waals surface area contributed by atoms with E-state index in [0.717, 1.165) is 33.3 Å². The summed E-state index contributed by atoms with van der Waals surface area (Å²) in [5, 5.41) is 8.52. The van der Waals surface area contributed by atoms with Crippen LogP contribution in [-0.2, 0) is 12.4 Å². The monoisotopic (exact) mass is 564 g/mol. The molecular formula is C29H33FN6O3S. The van der Waals surface area contributed by atoms with Gasteiger partial charge in [-0.15, -0.1) is 9.73 Å². The standard InChI is InChI=1S/C25H21FN6O3S.2C2H6/c1-16-3-5-18(6-4-16)15-36-25-30-32-23(20(26)11-29-32)24(33)31(25)21-12-28-22(13-27-21)35-14-17-7-9-19(34-2)10-8-17;2*1-2/h3-13H,14-15H2,1-2H3;2*1-2H3. The molecule has 0 spiro atoms. The summed E-state index contributed by atoms with van der Waals surface area (Å²) in [6.45, 7) is 10.3. The number of aryl methyl sites for hydroxylation is 1. The van der Waals surface area contributed by atoms with E-state index in [-0.39, 0.29) is 23.8 Å². The summed E-state index contributed by atoms with van der Waals surface area (Å²) >= 11 is 1.31. The first-order valence-electron chi connectivity index (χ1n) is 12.9. The lowest BCUT2D eigenvalue weighted by atomic mass is 10.2. The van der Waals surface area contributed by atoms with Gasteiger partial charge in [0.1, 0.15) is 12.4 Å². The van der Waals surface area contributed by atoms with Gasteiger partial charge in [0.25, 0.3) is 5.56 Å². The molecule has 9 nitrogen and oxygen atoms in total. The van der Waals surface area contributed by atoms with E-state index in [4.69, 9.17) is 9.47 Å². The molecule has 3 heterocycles. The number of rotatable bonds is 8. The third-order valence-corrected chi connectivity index (χ3v) is 6.36. The van der Waals surface area contributed by atoms with E-state index < -0.39 is 11.4 Å². The Bertz CT molecular complexity index is 1550. The Morgan fingerprint density at radius 2 is 1.57 bits per heavy atom. The van der Waals surface area contributed by atoms with Crippen LogP contribution in [0.3, 0.4) is 0 Å². The van der Waals surface area contributed by atoms with E-state index in [9.17, 15) is 9.18 Å². The zero-order valence-corrected chi connectivity index (χ0v) is 24.3. The molecular weight excluding hydrogens is 531 g/mol. The minimum Gasteiger partial charge on any atom is -0.497 e. The van der Waals surface area contributed by atoms with Gasteiger partial charge >= 0.3 is 0 Å². The summed E-state index contributed by atoms with van der Waals surface area (Å²) in [4.78, 5) is 21.9. The summed E-state index contributed by atoms with van der Waals surface area (Å²) in [7, 11) is 1.61. The van der Waals surface area contributed by atoms with Crippen molar-refractivity contribution in [2.45, 2.75) is 52.1 Å². The number of benzene rings is 2. The van der Waals surface area contributed by atoms with Gasteiger partial charge in [-0.25, -0.2) is 18.9 Å². The van der Waals surface area contributed by atoms with Gasteiger partial charge in [0, 0.05) is 5.75 Å². The van der Waals surface area contributed by atoms with Crippen LogP contribution in [0, 0.1) is 12.7 Å². The summed E-state index contributed by atoms with van der Waals surface area (Å²) < 4.78 is 27.4. The highest BCUT2D eigenvalue weighted by molar-refractivity contribution is 7.98. The van der Waals surface area contributed by atoms with Crippen LogP contribution in [0.1, 0.15) is 44.4 Å². The highest BCUT2D eigenvalue weighted by atomic mass is 32.2. The Kier molecular flexibility index (Phi) is 11.2. The van der Waals surface area contributed by atoms with Crippen molar-refractivity contribution >= 4 is 17.3 Å². The second kappa shape index (κ2) is 14.8. The number of thioether (sulfide) groups is 1. The number of hydrogen-bond acceptors (Lipinski definition) is 8. The molecule has 210 valence electrons. The molecule has 0 amide bonds. The lowest BCUT2D eigenvalue weighted by Gasteiger charge is -2.12. The number of methoxy groups -OCH3 is 1. The van der Waals surface area contributed by atoms with Gasteiger partial charge in [0.2, 0.25) is 5.88 Å². The number of hydrogen-bond donors (Lipinski definition) is 0. The molecule has 0 saturated carbocycles. The van der Waals surface area contributed by atoms with Gasteiger partial charge in [0.05, 0.1) is 25.7 Å². The quantitative estimate of drug-likeness (QED) is 0.210. The highest BCUT2D eigenvalue weighted by Gasteiger charge is 2.19. The molecule has 0 bridgehead atoms. The molecule has 2 aromatic carbocycles. The smallest absolute Gasteiger partial charge is 0.289 e. The minimum absolute atomic E-state index is 0.193. The van der Waals surface area contributed by atoms with E-state index in [0.29, 0.717) is 10.9 Å². The Balaban J connectivity index is 0.00000106. The predicted molar refractivity (Wildman–Crippen MR) is 155 cm³/mol. The third-order valence-electron chi connectivity index (χ3n) is 5.36. The first kappa shape index (κ1) is 30.3. The van der Waals surface area contributed by atoms with Crippen molar-refractivity contribution in [2.24, 2.45) is 0 Å². The summed E-state index contributed by atoms with van der Waals surface area (Å²) in [6.07, 6.45) is 3.77. The van der Waals surface area contributed by atoms with Gasteiger partial charge in [-0.1, -0.05) is 81.4 Å². The van der Waals surface area contributed by atoms with Crippen LogP contribution >= 0.6 is 11.8 Å². The largest absolute Gasteiger partial charge is 0.497 e. The van der Waals surface area contributed by atoms with E-state index in [1.54, 1.807) is 7.11 Å².